The summed E-state index contributed by atoms with van der Waals surface area (Å²) in [5, 5.41) is 11.0. The molecule has 5 rings (SSSR count). The largest absolute Gasteiger partial charge is 0.341 e. The van der Waals surface area contributed by atoms with E-state index in [0.717, 1.165) is 23.2 Å². The molecule has 0 amide bonds. The van der Waals surface area contributed by atoms with E-state index in [1.165, 1.54) is 21.8 Å². The van der Waals surface area contributed by atoms with Crippen LogP contribution in [0.15, 0.2) is 71.5 Å². The molecule has 3 aromatic carbocycles. The molecular formula is C22H17N3O. The monoisotopic (exact) mass is 339 g/mol. The number of nitrogens with zero attached hydrogens (tertiary/aromatic N) is 2. The van der Waals surface area contributed by atoms with Gasteiger partial charge in [0.05, 0.1) is 11.1 Å². The van der Waals surface area contributed by atoms with Gasteiger partial charge in [-0.05, 0) is 31.2 Å². The SMILES string of the molecule is CCn1c2ccccc2c2cc(-c3n[nH]c(=O)c4ccccc34)ccc21. The van der Waals surface area contributed by atoms with Crippen molar-refractivity contribution in [2.45, 2.75) is 13.5 Å². The normalized spacial score (nSPS) is 11.6. The molecule has 2 aromatic heterocycles. The standard InChI is InChI=1S/C22H17N3O/c1-2-25-19-10-6-5-7-15(19)18-13-14(11-12-20(18)25)21-16-8-3-4-9-17(16)22(26)24-23-21/h3-13H,2H2,1H3,(H,24,26). The zero-order chi connectivity index (χ0) is 17.7. The van der Waals surface area contributed by atoms with Crippen molar-refractivity contribution in [2.75, 3.05) is 0 Å². The van der Waals surface area contributed by atoms with E-state index in [1.807, 2.05) is 24.3 Å². The van der Waals surface area contributed by atoms with Crippen LogP contribution in [-0.4, -0.2) is 14.8 Å². The van der Waals surface area contributed by atoms with Crippen LogP contribution >= 0.6 is 0 Å². The molecule has 0 saturated carbocycles. The molecule has 0 saturated heterocycles. The van der Waals surface area contributed by atoms with Gasteiger partial charge in [-0.3, -0.25) is 4.79 Å². The fourth-order valence-electron chi connectivity index (χ4n) is 3.88. The molecule has 1 N–H and O–H groups in total. The van der Waals surface area contributed by atoms with Crippen molar-refractivity contribution in [2.24, 2.45) is 0 Å². The summed E-state index contributed by atoms with van der Waals surface area (Å²) in [6, 6.07) is 22.5. The van der Waals surface area contributed by atoms with E-state index < -0.39 is 0 Å². The number of fused-ring (bicyclic) bond motifs is 4. The van der Waals surface area contributed by atoms with Gasteiger partial charge in [0.25, 0.3) is 5.56 Å². The smallest absolute Gasteiger partial charge is 0.272 e. The first kappa shape index (κ1) is 14.9. The highest BCUT2D eigenvalue weighted by atomic mass is 16.1. The molecule has 0 aliphatic rings. The number of aromatic amines is 1. The van der Waals surface area contributed by atoms with Gasteiger partial charge in [-0.15, -0.1) is 0 Å². The number of hydrogen-bond acceptors (Lipinski definition) is 2. The molecule has 0 radical (unpaired) electrons. The van der Waals surface area contributed by atoms with E-state index in [2.05, 4.69) is 64.2 Å². The summed E-state index contributed by atoms with van der Waals surface area (Å²) in [6.07, 6.45) is 0. The van der Waals surface area contributed by atoms with Crippen molar-refractivity contribution < 1.29 is 0 Å². The molecule has 126 valence electrons. The maximum Gasteiger partial charge on any atom is 0.272 e. The maximum atomic E-state index is 12.1. The molecule has 2 heterocycles. The van der Waals surface area contributed by atoms with Crippen LogP contribution in [0.3, 0.4) is 0 Å². The van der Waals surface area contributed by atoms with Crippen LogP contribution in [0.5, 0.6) is 0 Å². The molecule has 0 unspecified atom stereocenters. The zero-order valence-corrected chi connectivity index (χ0v) is 14.4. The van der Waals surface area contributed by atoms with Crippen LogP contribution in [0.2, 0.25) is 0 Å². The fraction of sp³-hybridized carbons (Fsp3) is 0.0909. The summed E-state index contributed by atoms with van der Waals surface area (Å²) >= 11 is 0. The Kier molecular flexibility index (Phi) is 3.19. The van der Waals surface area contributed by atoms with E-state index in [0.29, 0.717) is 5.39 Å². The fourth-order valence-corrected chi connectivity index (χ4v) is 3.88. The molecule has 0 fully saturated rings. The first-order chi connectivity index (χ1) is 12.8. The summed E-state index contributed by atoms with van der Waals surface area (Å²) in [6.45, 7) is 3.08. The molecule has 0 atom stereocenters. The highest BCUT2D eigenvalue weighted by Crippen LogP contribution is 2.33. The summed E-state index contributed by atoms with van der Waals surface area (Å²) in [5.41, 5.74) is 4.10. The van der Waals surface area contributed by atoms with E-state index in [4.69, 9.17) is 0 Å². The lowest BCUT2D eigenvalue weighted by molar-refractivity contribution is 0.827. The van der Waals surface area contributed by atoms with Gasteiger partial charge in [-0.2, -0.15) is 5.10 Å². The molecule has 0 aliphatic carbocycles. The highest BCUT2D eigenvalue weighted by molar-refractivity contribution is 6.10. The number of rotatable bonds is 2. The van der Waals surface area contributed by atoms with Gasteiger partial charge in [0.2, 0.25) is 0 Å². The zero-order valence-electron chi connectivity index (χ0n) is 14.4. The molecule has 0 spiro atoms. The van der Waals surface area contributed by atoms with Gasteiger partial charge < -0.3 is 4.57 Å². The summed E-state index contributed by atoms with van der Waals surface area (Å²) < 4.78 is 2.33. The van der Waals surface area contributed by atoms with Gasteiger partial charge in [-0.25, -0.2) is 5.10 Å². The van der Waals surface area contributed by atoms with Crippen molar-refractivity contribution in [3.05, 3.63) is 77.1 Å². The Morgan fingerprint density at radius 3 is 2.35 bits per heavy atom. The van der Waals surface area contributed by atoms with Gasteiger partial charge in [-0.1, -0.05) is 42.5 Å². The topological polar surface area (TPSA) is 50.7 Å². The maximum absolute atomic E-state index is 12.1. The second-order valence-corrected chi connectivity index (χ2v) is 6.44. The lowest BCUT2D eigenvalue weighted by Gasteiger charge is -2.06. The number of benzene rings is 3. The number of aryl methyl sites for hydroxylation is 1. The number of H-pyrrole nitrogens is 1. The van der Waals surface area contributed by atoms with Crippen molar-refractivity contribution in [3.63, 3.8) is 0 Å². The summed E-state index contributed by atoms with van der Waals surface area (Å²) in [7, 11) is 0. The minimum atomic E-state index is -0.159. The Morgan fingerprint density at radius 1 is 0.846 bits per heavy atom. The number of aromatic nitrogens is 3. The minimum Gasteiger partial charge on any atom is -0.341 e. The lowest BCUT2D eigenvalue weighted by atomic mass is 10.0. The number of hydrogen-bond donors (Lipinski definition) is 1. The van der Waals surface area contributed by atoms with Crippen molar-refractivity contribution in [3.8, 4) is 11.3 Å². The van der Waals surface area contributed by atoms with E-state index in [1.54, 1.807) is 0 Å². The lowest BCUT2D eigenvalue weighted by Crippen LogP contribution is -2.09. The summed E-state index contributed by atoms with van der Waals surface area (Å²) in [5.74, 6) is 0. The second kappa shape index (κ2) is 5.56. The van der Waals surface area contributed by atoms with Crippen molar-refractivity contribution in [1.82, 2.24) is 14.8 Å². The average molecular weight is 339 g/mol. The molecule has 0 aliphatic heterocycles. The Bertz CT molecular complexity index is 1340. The van der Waals surface area contributed by atoms with Crippen LogP contribution in [0.1, 0.15) is 6.92 Å². The minimum absolute atomic E-state index is 0.159. The Labute approximate surface area is 149 Å². The van der Waals surface area contributed by atoms with Gasteiger partial charge in [0.15, 0.2) is 0 Å². The van der Waals surface area contributed by atoms with Crippen LogP contribution in [0.25, 0.3) is 43.8 Å². The molecular weight excluding hydrogens is 322 g/mol. The van der Waals surface area contributed by atoms with Gasteiger partial charge in [0, 0.05) is 39.3 Å². The van der Waals surface area contributed by atoms with E-state index in [9.17, 15) is 4.79 Å². The van der Waals surface area contributed by atoms with Crippen LogP contribution in [0.4, 0.5) is 0 Å². The molecule has 5 aromatic rings. The highest BCUT2D eigenvalue weighted by Gasteiger charge is 2.13. The molecule has 4 heteroatoms. The van der Waals surface area contributed by atoms with E-state index in [-0.39, 0.29) is 5.56 Å². The van der Waals surface area contributed by atoms with Crippen LogP contribution < -0.4 is 5.56 Å². The molecule has 0 bridgehead atoms. The quantitative estimate of drug-likeness (QED) is 0.506. The Balaban J connectivity index is 1.86. The number of para-hydroxylation sites is 1. The van der Waals surface area contributed by atoms with Crippen molar-refractivity contribution in [1.29, 1.82) is 0 Å². The third-order valence-electron chi connectivity index (χ3n) is 5.06. The molecule has 4 nitrogen and oxygen atoms in total. The third kappa shape index (κ3) is 2.02. The molecule has 26 heavy (non-hydrogen) atoms. The van der Waals surface area contributed by atoms with Crippen LogP contribution in [0, 0.1) is 0 Å². The second-order valence-electron chi connectivity index (χ2n) is 6.44. The first-order valence-corrected chi connectivity index (χ1v) is 8.76. The van der Waals surface area contributed by atoms with Crippen LogP contribution in [-0.2, 0) is 6.54 Å². The number of nitrogens with one attached hydrogen (secondary N) is 1. The van der Waals surface area contributed by atoms with E-state index >= 15 is 0 Å². The van der Waals surface area contributed by atoms with Gasteiger partial charge >= 0.3 is 0 Å². The van der Waals surface area contributed by atoms with Gasteiger partial charge in [0.1, 0.15) is 0 Å². The summed E-state index contributed by atoms with van der Waals surface area (Å²) in [4.78, 5) is 12.1. The Morgan fingerprint density at radius 2 is 1.54 bits per heavy atom. The van der Waals surface area contributed by atoms with Crippen molar-refractivity contribution >= 4 is 32.6 Å². The first-order valence-electron chi connectivity index (χ1n) is 8.76. The predicted octanol–water partition coefficient (Wildman–Crippen LogP) is 4.72. The average Bonchev–Trinajstić information content (AvgIpc) is 3.01. The third-order valence-corrected chi connectivity index (χ3v) is 5.06. The Hall–Kier alpha value is -3.40. The predicted molar refractivity (Wildman–Crippen MR) is 106 cm³/mol.